The molecule has 0 unspecified atom stereocenters. The molecule has 0 saturated carbocycles. The van der Waals surface area contributed by atoms with Gasteiger partial charge in [-0.15, -0.1) is 0 Å². The van der Waals surface area contributed by atoms with Gasteiger partial charge in [-0.05, 0) is 18.2 Å². The highest BCUT2D eigenvalue weighted by Crippen LogP contribution is 2.20. The number of methoxy groups -OCH3 is 1. The van der Waals surface area contributed by atoms with Gasteiger partial charge in [-0.1, -0.05) is 30.3 Å². The van der Waals surface area contributed by atoms with Gasteiger partial charge in [-0.25, -0.2) is 4.98 Å². The Labute approximate surface area is 137 Å². The Morgan fingerprint density at radius 2 is 1.96 bits per heavy atom. The lowest BCUT2D eigenvalue weighted by molar-refractivity contribution is 0.414. The van der Waals surface area contributed by atoms with Crippen molar-refractivity contribution in [3.63, 3.8) is 0 Å². The maximum Gasteiger partial charge on any atom is 0.298 e. The summed E-state index contributed by atoms with van der Waals surface area (Å²) < 4.78 is 6.49. The van der Waals surface area contributed by atoms with E-state index in [9.17, 15) is 4.79 Å². The highest BCUT2D eigenvalue weighted by Gasteiger charge is 2.09. The lowest BCUT2D eigenvalue weighted by Gasteiger charge is -2.03. The van der Waals surface area contributed by atoms with E-state index in [1.54, 1.807) is 13.3 Å². The predicted molar refractivity (Wildman–Crippen MR) is 93.8 cm³/mol. The zero-order valence-corrected chi connectivity index (χ0v) is 12.9. The monoisotopic (exact) mass is 318 g/mol. The number of aromatic amines is 1. The Morgan fingerprint density at radius 1 is 1.17 bits per heavy atom. The standard InChI is InChI=1S/C18H14N4O2/c1-24-15-9-5-2-6-12(15)10-20-22-11-19-16-13-7-3-4-8-14(13)21-17(16)18(22)23/h2-11,21H,1H3/b20-10+. The number of fused-ring (bicyclic) bond motifs is 3. The molecule has 0 aliphatic heterocycles. The summed E-state index contributed by atoms with van der Waals surface area (Å²) in [7, 11) is 1.59. The summed E-state index contributed by atoms with van der Waals surface area (Å²) in [5.74, 6) is 0.689. The minimum absolute atomic E-state index is 0.248. The molecule has 2 aromatic heterocycles. The highest BCUT2D eigenvalue weighted by atomic mass is 16.5. The summed E-state index contributed by atoms with van der Waals surface area (Å²) in [6, 6.07) is 15.1. The summed E-state index contributed by atoms with van der Waals surface area (Å²) in [5.41, 5.74) is 2.50. The Balaban J connectivity index is 1.83. The third-order valence-electron chi connectivity index (χ3n) is 3.86. The van der Waals surface area contributed by atoms with Crippen molar-refractivity contribution in [1.29, 1.82) is 0 Å². The molecule has 0 saturated heterocycles. The minimum atomic E-state index is -0.248. The second-order valence-electron chi connectivity index (χ2n) is 5.28. The zero-order chi connectivity index (χ0) is 16.5. The van der Waals surface area contributed by atoms with Gasteiger partial charge in [0, 0.05) is 16.5 Å². The third-order valence-corrected chi connectivity index (χ3v) is 3.86. The van der Waals surface area contributed by atoms with Crippen molar-refractivity contribution in [2.24, 2.45) is 5.10 Å². The van der Waals surface area contributed by atoms with E-state index >= 15 is 0 Å². The molecule has 0 spiro atoms. The van der Waals surface area contributed by atoms with Crippen LogP contribution in [0.1, 0.15) is 5.56 Å². The van der Waals surface area contributed by atoms with Gasteiger partial charge in [0.15, 0.2) is 0 Å². The molecule has 24 heavy (non-hydrogen) atoms. The number of H-pyrrole nitrogens is 1. The Bertz CT molecular complexity index is 1120. The van der Waals surface area contributed by atoms with Crippen LogP contribution in [-0.2, 0) is 0 Å². The summed E-state index contributed by atoms with van der Waals surface area (Å²) in [6.07, 6.45) is 3.01. The molecule has 0 aliphatic carbocycles. The molecule has 118 valence electrons. The molecule has 4 aromatic rings. The number of nitrogens with one attached hydrogen (secondary N) is 1. The number of nitrogens with zero attached hydrogens (tertiary/aromatic N) is 3. The number of rotatable bonds is 3. The van der Waals surface area contributed by atoms with Gasteiger partial charge in [0.1, 0.15) is 23.1 Å². The van der Waals surface area contributed by atoms with Crippen LogP contribution in [0.3, 0.4) is 0 Å². The normalized spacial score (nSPS) is 11.5. The molecule has 2 aromatic carbocycles. The molecule has 1 N–H and O–H groups in total. The minimum Gasteiger partial charge on any atom is -0.496 e. The first-order chi connectivity index (χ1) is 11.8. The van der Waals surface area contributed by atoms with Gasteiger partial charge >= 0.3 is 0 Å². The molecule has 0 aliphatic rings. The van der Waals surface area contributed by atoms with Crippen LogP contribution in [0.25, 0.3) is 21.9 Å². The van der Waals surface area contributed by atoms with E-state index in [1.807, 2.05) is 48.5 Å². The van der Waals surface area contributed by atoms with Gasteiger partial charge in [0.2, 0.25) is 0 Å². The Kier molecular flexibility index (Phi) is 3.35. The van der Waals surface area contributed by atoms with E-state index in [2.05, 4.69) is 15.1 Å². The van der Waals surface area contributed by atoms with Gasteiger partial charge < -0.3 is 9.72 Å². The van der Waals surface area contributed by atoms with E-state index in [4.69, 9.17) is 4.74 Å². The lowest BCUT2D eigenvalue weighted by Crippen LogP contribution is -2.17. The summed E-state index contributed by atoms with van der Waals surface area (Å²) >= 11 is 0. The zero-order valence-electron chi connectivity index (χ0n) is 12.9. The van der Waals surface area contributed by atoms with E-state index in [0.29, 0.717) is 16.8 Å². The van der Waals surface area contributed by atoms with Gasteiger partial charge in [0.05, 0.1) is 13.3 Å². The molecule has 0 atom stereocenters. The average Bonchev–Trinajstić information content (AvgIpc) is 3.01. The molecule has 0 amide bonds. The molecular weight excluding hydrogens is 304 g/mol. The van der Waals surface area contributed by atoms with E-state index in [-0.39, 0.29) is 5.56 Å². The maximum absolute atomic E-state index is 12.6. The van der Waals surface area contributed by atoms with Crippen LogP contribution in [0.2, 0.25) is 0 Å². The first-order valence-electron chi connectivity index (χ1n) is 7.43. The summed E-state index contributed by atoms with van der Waals surface area (Å²) in [6.45, 7) is 0. The van der Waals surface area contributed by atoms with Gasteiger partial charge in [-0.2, -0.15) is 9.78 Å². The lowest BCUT2D eigenvalue weighted by atomic mass is 10.2. The van der Waals surface area contributed by atoms with Crippen molar-refractivity contribution in [3.05, 3.63) is 70.8 Å². The molecule has 0 bridgehead atoms. The van der Waals surface area contributed by atoms with Gasteiger partial charge in [0.25, 0.3) is 5.56 Å². The second kappa shape index (κ2) is 5.66. The van der Waals surface area contributed by atoms with Crippen LogP contribution in [0, 0.1) is 0 Å². The smallest absolute Gasteiger partial charge is 0.298 e. The third kappa shape index (κ3) is 2.25. The number of aromatic nitrogens is 3. The number of para-hydroxylation sites is 2. The van der Waals surface area contributed by atoms with Crippen LogP contribution in [0.4, 0.5) is 0 Å². The molecule has 6 nitrogen and oxygen atoms in total. The number of benzene rings is 2. The van der Waals surface area contributed by atoms with Crippen molar-refractivity contribution in [2.45, 2.75) is 0 Å². The fourth-order valence-electron chi connectivity index (χ4n) is 2.68. The number of hydrogen-bond donors (Lipinski definition) is 1. The van der Waals surface area contributed by atoms with Gasteiger partial charge in [-0.3, -0.25) is 4.79 Å². The summed E-state index contributed by atoms with van der Waals surface area (Å²) in [4.78, 5) is 20.1. The van der Waals surface area contributed by atoms with Crippen LogP contribution in [-0.4, -0.2) is 28.0 Å². The largest absolute Gasteiger partial charge is 0.496 e. The molecule has 0 radical (unpaired) electrons. The molecular formula is C18H14N4O2. The van der Waals surface area contributed by atoms with E-state index in [1.165, 1.54) is 11.0 Å². The van der Waals surface area contributed by atoms with Crippen molar-refractivity contribution in [2.75, 3.05) is 7.11 Å². The van der Waals surface area contributed by atoms with Crippen molar-refractivity contribution in [1.82, 2.24) is 14.6 Å². The fourth-order valence-corrected chi connectivity index (χ4v) is 2.68. The SMILES string of the molecule is COc1ccccc1/C=N/n1cnc2c([nH]c3ccccc32)c1=O. The summed E-state index contributed by atoms with van der Waals surface area (Å²) in [5, 5.41) is 5.14. The number of hydrogen-bond acceptors (Lipinski definition) is 4. The highest BCUT2D eigenvalue weighted by molar-refractivity contribution is 6.04. The quantitative estimate of drug-likeness (QED) is 0.590. The van der Waals surface area contributed by atoms with Crippen molar-refractivity contribution < 1.29 is 4.74 Å². The molecule has 0 fully saturated rings. The molecule has 2 heterocycles. The second-order valence-corrected chi connectivity index (χ2v) is 5.28. The maximum atomic E-state index is 12.6. The Hall–Kier alpha value is -3.41. The van der Waals surface area contributed by atoms with Crippen LogP contribution in [0.15, 0.2) is 64.8 Å². The van der Waals surface area contributed by atoms with E-state index in [0.717, 1.165) is 16.5 Å². The van der Waals surface area contributed by atoms with Crippen molar-refractivity contribution >= 4 is 28.2 Å². The first-order valence-corrected chi connectivity index (χ1v) is 7.43. The van der Waals surface area contributed by atoms with Crippen LogP contribution >= 0.6 is 0 Å². The van der Waals surface area contributed by atoms with E-state index < -0.39 is 0 Å². The Morgan fingerprint density at radius 3 is 2.83 bits per heavy atom. The fraction of sp³-hybridized carbons (Fsp3) is 0.0556. The molecule has 4 rings (SSSR count). The first kappa shape index (κ1) is 14.2. The predicted octanol–water partition coefficient (Wildman–Crippen LogP) is 2.77. The van der Waals surface area contributed by atoms with Crippen molar-refractivity contribution in [3.8, 4) is 5.75 Å². The van der Waals surface area contributed by atoms with Crippen LogP contribution < -0.4 is 10.3 Å². The average molecular weight is 318 g/mol. The topological polar surface area (TPSA) is 72.3 Å². The molecule has 6 heteroatoms. The van der Waals surface area contributed by atoms with Crippen LogP contribution in [0.5, 0.6) is 5.75 Å². The number of ether oxygens (including phenoxy) is 1.